The van der Waals surface area contributed by atoms with Crippen molar-refractivity contribution < 1.29 is 13.9 Å². The maximum atomic E-state index is 5.65. The summed E-state index contributed by atoms with van der Waals surface area (Å²) in [4.78, 5) is 0. The molecule has 2 N–H and O–H groups in total. The summed E-state index contributed by atoms with van der Waals surface area (Å²) in [5, 5.41) is 0. The summed E-state index contributed by atoms with van der Waals surface area (Å²) in [5.74, 6) is 3.22. The van der Waals surface area contributed by atoms with Crippen molar-refractivity contribution in [2.75, 3.05) is 6.61 Å². The van der Waals surface area contributed by atoms with E-state index >= 15 is 0 Å². The van der Waals surface area contributed by atoms with Crippen molar-refractivity contribution in [3.8, 4) is 11.5 Å². The molecule has 4 nitrogen and oxygen atoms in total. The number of rotatable bonds is 6. The van der Waals surface area contributed by atoms with Gasteiger partial charge in [-0.2, -0.15) is 0 Å². The number of aryl methyl sites for hydroxylation is 1. The average Bonchev–Trinajstić information content (AvgIpc) is 2.79. The molecule has 4 heteroatoms. The fraction of sp³-hybridized carbons (Fsp3) is 0.333. The molecule has 0 saturated heterocycles. The Bertz CT molecular complexity index is 517. The van der Waals surface area contributed by atoms with Crippen LogP contribution in [0.1, 0.15) is 24.0 Å². The van der Waals surface area contributed by atoms with Gasteiger partial charge in [-0.3, -0.25) is 0 Å². The van der Waals surface area contributed by atoms with Gasteiger partial charge in [-0.25, -0.2) is 0 Å². The molecule has 0 aliphatic carbocycles. The summed E-state index contributed by atoms with van der Waals surface area (Å²) in [6.07, 6.45) is 0. The number of benzene rings is 1. The number of hydrogen-bond donors (Lipinski definition) is 1. The molecule has 1 aromatic heterocycles. The normalized spacial score (nSPS) is 10.5. The Labute approximate surface area is 113 Å². The van der Waals surface area contributed by atoms with Gasteiger partial charge in [-0.1, -0.05) is 0 Å². The van der Waals surface area contributed by atoms with E-state index in [2.05, 4.69) is 0 Å². The van der Waals surface area contributed by atoms with Crippen molar-refractivity contribution in [2.45, 2.75) is 27.0 Å². The Hall–Kier alpha value is -1.94. The fourth-order valence-corrected chi connectivity index (χ4v) is 1.82. The minimum absolute atomic E-state index is 0.398. The lowest BCUT2D eigenvalue weighted by molar-refractivity contribution is 0.265. The van der Waals surface area contributed by atoms with E-state index in [1.165, 1.54) is 0 Å². The molecule has 0 unspecified atom stereocenters. The van der Waals surface area contributed by atoms with Gasteiger partial charge in [0.25, 0.3) is 0 Å². The Kier molecular flexibility index (Phi) is 4.47. The summed E-state index contributed by atoms with van der Waals surface area (Å²) in [7, 11) is 0. The third-order valence-corrected chi connectivity index (χ3v) is 2.77. The van der Waals surface area contributed by atoms with Gasteiger partial charge in [0.1, 0.15) is 29.6 Å². The van der Waals surface area contributed by atoms with E-state index in [-0.39, 0.29) is 0 Å². The number of ether oxygens (including phenoxy) is 2. The third-order valence-electron chi connectivity index (χ3n) is 2.77. The molecule has 0 amide bonds. The van der Waals surface area contributed by atoms with E-state index in [1.807, 2.05) is 44.2 Å². The molecular formula is C15H19NO3. The molecule has 0 saturated carbocycles. The molecule has 0 spiro atoms. The van der Waals surface area contributed by atoms with Crippen LogP contribution in [0.4, 0.5) is 0 Å². The van der Waals surface area contributed by atoms with Crippen molar-refractivity contribution in [1.82, 2.24) is 0 Å². The molecule has 1 aromatic carbocycles. The van der Waals surface area contributed by atoms with Gasteiger partial charge < -0.3 is 19.6 Å². The van der Waals surface area contributed by atoms with Crippen LogP contribution in [0, 0.1) is 6.92 Å². The average molecular weight is 261 g/mol. The standard InChI is InChI=1S/C15H19NO3/c1-3-17-12-4-6-13(7-5-12)18-10-14-8-11(2)15(9-16)19-14/h4-8H,3,9-10,16H2,1-2H3. The first-order valence-corrected chi connectivity index (χ1v) is 6.37. The van der Waals surface area contributed by atoms with Crippen molar-refractivity contribution in [1.29, 1.82) is 0 Å². The van der Waals surface area contributed by atoms with Gasteiger partial charge in [-0.05, 0) is 49.7 Å². The highest BCUT2D eigenvalue weighted by molar-refractivity contribution is 5.31. The molecule has 102 valence electrons. The summed E-state index contributed by atoms with van der Waals surface area (Å²) in [5.41, 5.74) is 6.63. The van der Waals surface area contributed by atoms with Crippen LogP contribution in [0.5, 0.6) is 11.5 Å². The van der Waals surface area contributed by atoms with Gasteiger partial charge in [-0.15, -0.1) is 0 Å². The van der Waals surface area contributed by atoms with Gasteiger partial charge in [0.05, 0.1) is 13.2 Å². The fourth-order valence-electron chi connectivity index (χ4n) is 1.82. The van der Waals surface area contributed by atoms with Crippen LogP contribution >= 0.6 is 0 Å². The number of nitrogens with two attached hydrogens (primary N) is 1. The monoisotopic (exact) mass is 261 g/mol. The summed E-state index contributed by atoms with van der Waals surface area (Å²) in [6, 6.07) is 9.49. The lowest BCUT2D eigenvalue weighted by atomic mass is 10.2. The second kappa shape index (κ2) is 6.29. The quantitative estimate of drug-likeness (QED) is 0.868. The van der Waals surface area contributed by atoms with Crippen molar-refractivity contribution in [2.24, 2.45) is 5.73 Å². The second-order valence-corrected chi connectivity index (χ2v) is 4.22. The molecule has 2 aromatic rings. The van der Waals surface area contributed by atoms with Crippen LogP contribution in [-0.2, 0) is 13.2 Å². The zero-order chi connectivity index (χ0) is 13.7. The predicted molar refractivity (Wildman–Crippen MR) is 73.3 cm³/mol. The van der Waals surface area contributed by atoms with E-state index in [0.29, 0.717) is 19.8 Å². The van der Waals surface area contributed by atoms with Gasteiger partial charge in [0.2, 0.25) is 0 Å². The molecule has 0 aliphatic rings. The molecular weight excluding hydrogens is 242 g/mol. The van der Waals surface area contributed by atoms with Crippen molar-refractivity contribution in [3.05, 3.63) is 47.4 Å². The highest BCUT2D eigenvalue weighted by Crippen LogP contribution is 2.20. The van der Waals surface area contributed by atoms with Crippen LogP contribution < -0.4 is 15.2 Å². The van der Waals surface area contributed by atoms with Gasteiger partial charge in [0.15, 0.2) is 0 Å². The lowest BCUT2D eigenvalue weighted by Gasteiger charge is -2.06. The Morgan fingerprint density at radius 1 is 1.11 bits per heavy atom. The molecule has 0 bridgehead atoms. The van der Waals surface area contributed by atoms with E-state index in [0.717, 1.165) is 28.6 Å². The molecule has 1 heterocycles. The zero-order valence-electron chi connectivity index (χ0n) is 11.3. The van der Waals surface area contributed by atoms with Crippen molar-refractivity contribution in [3.63, 3.8) is 0 Å². The first-order valence-electron chi connectivity index (χ1n) is 6.37. The maximum absolute atomic E-state index is 5.65. The molecule has 0 radical (unpaired) electrons. The number of furan rings is 1. The Balaban J connectivity index is 1.94. The highest BCUT2D eigenvalue weighted by Gasteiger charge is 2.06. The van der Waals surface area contributed by atoms with E-state index in [1.54, 1.807) is 0 Å². The Morgan fingerprint density at radius 2 is 1.74 bits per heavy atom. The third kappa shape index (κ3) is 3.51. The smallest absolute Gasteiger partial charge is 0.146 e. The first-order chi connectivity index (χ1) is 9.22. The molecule has 19 heavy (non-hydrogen) atoms. The summed E-state index contributed by atoms with van der Waals surface area (Å²) >= 11 is 0. The molecule has 0 aliphatic heterocycles. The molecule has 2 rings (SSSR count). The lowest BCUT2D eigenvalue weighted by Crippen LogP contribution is -1.96. The molecule has 0 fully saturated rings. The topological polar surface area (TPSA) is 57.6 Å². The van der Waals surface area contributed by atoms with Gasteiger partial charge >= 0.3 is 0 Å². The van der Waals surface area contributed by atoms with Gasteiger partial charge in [0, 0.05) is 0 Å². The highest BCUT2D eigenvalue weighted by atomic mass is 16.5. The first kappa shape index (κ1) is 13.5. The Morgan fingerprint density at radius 3 is 2.26 bits per heavy atom. The second-order valence-electron chi connectivity index (χ2n) is 4.22. The molecule has 0 atom stereocenters. The van der Waals surface area contributed by atoms with E-state index in [4.69, 9.17) is 19.6 Å². The predicted octanol–water partition coefficient (Wildman–Crippen LogP) is 3.02. The summed E-state index contributed by atoms with van der Waals surface area (Å²) < 4.78 is 16.6. The number of hydrogen-bond acceptors (Lipinski definition) is 4. The van der Waals surface area contributed by atoms with Crippen LogP contribution in [0.3, 0.4) is 0 Å². The largest absolute Gasteiger partial charge is 0.494 e. The van der Waals surface area contributed by atoms with Crippen LogP contribution in [-0.4, -0.2) is 6.61 Å². The van der Waals surface area contributed by atoms with E-state index in [9.17, 15) is 0 Å². The van der Waals surface area contributed by atoms with Crippen molar-refractivity contribution >= 4 is 0 Å². The minimum Gasteiger partial charge on any atom is -0.494 e. The SMILES string of the molecule is CCOc1ccc(OCc2cc(C)c(CN)o2)cc1. The zero-order valence-corrected chi connectivity index (χ0v) is 11.3. The maximum Gasteiger partial charge on any atom is 0.146 e. The van der Waals surface area contributed by atoms with Crippen LogP contribution in [0.25, 0.3) is 0 Å². The van der Waals surface area contributed by atoms with E-state index < -0.39 is 0 Å². The van der Waals surface area contributed by atoms with Crippen LogP contribution in [0.2, 0.25) is 0 Å². The minimum atomic E-state index is 0.398. The summed E-state index contributed by atoms with van der Waals surface area (Å²) in [6.45, 7) is 5.40. The van der Waals surface area contributed by atoms with Crippen LogP contribution in [0.15, 0.2) is 34.7 Å².